The Kier molecular flexibility index (Phi) is 10.7. The van der Waals surface area contributed by atoms with Gasteiger partial charge in [0.15, 0.2) is 15.6 Å². The summed E-state index contributed by atoms with van der Waals surface area (Å²) in [6, 6.07) is 7.98. The van der Waals surface area contributed by atoms with Gasteiger partial charge in [0.2, 0.25) is 17.7 Å². The lowest BCUT2D eigenvalue weighted by atomic mass is 9.77. The number of carbonyl (C=O) groups is 4. The summed E-state index contributed by atoms with van der Waals surface area (Å²) in [4.78, 5) is 62.2. The van der Waals surface area contributed by atoms with Gasteiger partial charge in [-0.2, -0.15) is 0 Å². The van der Waals surface area contributed by atoms with E-state index in [4.69, 9.17) is 23.6 Å². The number of benzene rings is 1. The zero-order valence-corrected chi connectivity index (χ0v) is 33.4. The molecule has 55 heavy (non-hydrogen) atoms. The number of carbonyl (C=O) groups excluding carboxylic acids is 4. The number of hydrogen-bond acceptors (Lipinski definition) is 11. The Morgan fingerprint density at radius 2 is 1.84 bits per heavy atom. The molecule has 2 aromatic heterocycles. The molecule has 3 aliphatic rings. The molecule has 0 unspecified atom stereocenters. The van der Waals surface area contributed by atoms with E-state index >= 15 is 0 Å². The Labute approximate surface area is 322 Å². The van der Waals surface area contributed by atoms with Crippen molar-refractivity contribution in [1.29, 1.82) is 0 Å². The standard InChI is InChI=1S/C41H51N3O10S/c1-9-26-20-41(26,34(45)23-55(49,50)29-11-12-29)43-36(47)33-18-28(21-44(33)38(48)31(39(2,3)4)19-35(46)54-40(5,6)7)53-37-30-13-10-27(51-8)16-25(30)17-32(42-37)24-14-15-52-22-24/h9-10,13-17,22,26,28-29,31,33H,1,11-12,18-21,23H2,2-8H3,(H,43,47)/t26-,28-,31-,33+,41-/m1/s1. The quantitative estimate of drug-likeness (QED) is 0.163. The first-order chi connectivity index (χ1) is 25.7. The van der Waals surface area contributed by atoms with Gasteiger partial charge >= 0.3 is 5.97 Å². The highest BCUT2D eigenvalue weighted by atomic mass is 32.2. The maximum absolute atomic E-state index is 14.7. The number of fused-ring (bicyclic) bond motifs is 1. The van der Waals surface area contributed by atoms with Gasteiger partial charge < -0.3 is 28.8 Å². The first kappa shape index (κ1) is 40.0. The van der Waals surface area contributed by atoms with Crippen LogP contribution in [-0.4, -0.2) is 89.8 Å². The van der Waals surface area contributed by atoms with Gasteiger partial charge in [-0.05, 0) is 81.2 Å². The lowest BCUT2D eigenvalue weighted by Gasteiger charge is -2.35. The fourth-order valence-electron chi connectivity index (χ4n) is 7.29. The van der Waals surface area contributed by atoms with Crippen LogP contribution in [0.2, 0.25) is 0 Å². The summed E-state index contributed by atoms with van der Waals surface area (Å²) in [6.07, 6.45) is 4.93. The second-order valence-electron chi connectivity index (χ2n) is 17.0. The van der Waals surface area contributed by atoms with E-state index in [0.717, 1.165) is 5.39 Å². The zero-order valence-electron chi connectivity index (χ0n) is 32.5. The van der Waals surface area contributed by atoms with E-state index in [1.165, 1.54) is 11.2 Å². The summed E-state index contributed by atoms with van der Waals surface area (Å²) >= 11 is 0. The Bertz CT molecular complexity index is 2100. The molecule has 2 saturated carbocycles. The van der Waals surface area contributed by atoms with Crippen LogP contribution < -0.4 is 14.8 Å². The van der Waals surface area contributed by atoms with Crippen molar-refractivity contribution in [1.82, 2.24) is 15.2 Å². The molecule has 2 aliphatic carbocycles. The van der Waals surface area contributed by atoms with Crippen LogP contribution in [0, 0.1) is 17.3 Å². The summed E-state index contributed by atoms with van der Waals surface area (Å²) in [5.41, 5.74) is -1.67. The van der Waals surface area contributed by atoms with Crippen molar-refractivity contribution in [2.24, 2.45) is 17.3 Å². The van der Waals surface area contributed by atoms with Gasteiger partial charge in [0.25, 0.3) is 0 Å². The average Bonchev–Trinajstić information content (AvgIpc) is 3.97. The van der Waals surface area contributed by atoms with Crippen LogP contribution in [0.5, 0.6) is 11.6 Å². The molecule has 0 bridgehead atoms. The number of pyridine rings is 1. The molecule has 296 valence electrons. The van der Waals surface area contributed by atoms with Crippen molar-refractivity contribution in [3.8, 4) is 22.9 Å². The van der Waals surface area contributed by atoms with E-state index in [1.807, 2.05) is 39.0 Å². The summed E-state index contributed by atoms with van der Waals surface area (Å²) in [7, 11) is -2.09. The molecule has 5 atom stereocenters. The fourth-order valence-corrected chi connectivity index (χ4v) is 9.01. The van der Waals surface area contributed by atoms with Crippen molar-refractivity contribution in [2.45, 2.75) is 102 Å². The van der Waals surface area contributed by atoms with Crippen molar-refractivity contribution in [2.75, 3.05) is 19.4 Å². The van der Waals surface area contributed by atoms with Crippen LogP contribution in [-0.2, 0) is 33.8 Å². The maximum Gasteiger partial charge on any atom is 0.307 e. The SMILES string of the molecule is C=C[C@@H]1C[C@]1(NC(=O)[C@@H]1C[C@@H](Oc2nc(-c3ccoc3)cc3cc(OC)ccc23)CN1C(=O)[C@@H](CC(=O)OC(C)(C)C)C(C)(C)C)C(=O)CS(=O)(=O)C1CC1. The number of Topliss-reactive ketones (excluding diaryl/α,β-unsaturated/α-hetero) is 1. The van der Waals surface area contributed by atoms with Crippen LogP contribution in [0.3, 0.4) is 0 Å². The second-order valence-corrected chi connectivity index (χ2v) is 19.3. The van der Waals surface area contributed by atoms with Gasteiger partial charge in [0.05, 0.1) is 49.5 Å². The number of nitrogens with zero attached hydrogens (tertiary/aromatic N) is 2. The third-order valence-corrected chi connectivity index (χ3v) is 12.7. The van der Waals surface area contributed by atoms with E-state index in [2.05, 4.69) is 11.9 Å². The van der Waals surface area contributed by atoms with Crippen molar-refractivity contribution >= 4 is 44.2 Å². The van der Waals surface area contributed by atoms with Crippen molar-refractivity contribution < 1.29 is 46.2 Å². The predicted molar refractivity (Wildman–Crippen MR) is 205 cm³/mol. The van der Waals surface area contributed by atoms with E-state index in [0.29, 0.717) is 35.2 Å². The molecule has 1 aromatic carbocycles. The van der Waals surface area contributed by atoms with Gasteiger partial charge in [0, 0.05) is 23.3 Å². The highest BCUT2D eigenvalue weighted by Gasteiger charge is 2.61. The number of amides is 2. The number of methoxy groups -OCH3 is 1. The first-order valence-electron chi connectivity index (χ1n) is 18.6. The molecule has 14 heteroatoms. The number of likely N-dealkylation sites (tertiary alicyclic amines) is 1. The zero-order chi connectivity index (χ0) is 40.1. The number of aromatic nitrogens is 1. The largest absolute Gasteiger partial charge is 0.497 e. The predicted octanol–water partition coefficient (Wildman–Crippen LogP) is 5.45. The van der Waals surface area contributed by atoms with E-state index in [9.17, 15) is 27.6 Å². The van der Waals surface area contributed by atoms with Crippen molar-refractivity contribution in [3.05, 3.63) is 55.5 Å². The smallest absolute Gasteiger partial charge is 0.307 e. The molecular formula is C41H51N3O10S. The Hall–Kier alpha value is -4.72. The molecule has 3 aromatic rings. The highest BCUT2D eigenvalue weighted by Crippen LogP contribution is 2.47. The topological polar surface area (TPSA) is 171 Å². The molecule has 13 nitrogen and oxygen atoms in total. The second kappa shape index (κ2) is 14.7. The van der Waals surface area contributed by atoms with Gasteiger partial charge in [-0.25, -0.2) is 13.4 Å². The summed E-state index contributed by atoms with van der Waals surface area (Å²) in [5.74, 6) is -3.36. The number of sulfone groups is 1. The van der Waals surface area contributed by atoms with Gasteiger partial charge in [-0.1, -0.05) is 26.8 Å². The molecule has 2 amide bonds. The van der Waals surface area contributed by atoms with Gasteiger partial charge in [-0.15, -0.1) is 6.58 Å². The van der Waals surface area contributed by atoms with Crippen LogP contribution in [0.25, 0.3) is 22.0 Å². The molecule has 6 rings (SSSR count). The Morgan fingerprint density at radius 1 is 1.11 bits per heavy atom. The number of ether oxygens (including phenoxy) is 3. The number of esters is 1. The maximum atomic E-state index is 14.7. The van der Waals surface area contributed by atoms with E-state index < -0.39 is 84.9 Å². The average molecular weight is 778 g/mol. The fraction of sp³-hybridized carbons (Fsp3) is 0.537. The monoisotopic (exact) mass is 777 g/mol. The molecular weight excluding hydrogens is 727 g/mol. The number of hydrogen-bond donors (Lipinski definition) is 1. The minimum atomic E-state index is -3.66. The van der Waals surface area contributed by atoms with Crippen LogP contribution >= 0.6 is 0 Å². The van der Waals surface area contributed by atoms with E-state index in [-0.39, 0.29) is 31.7 Å². The normalized spacial score (nSPS) is 23.2. The number of furan rings is 1. The van der Waals surface area contributed by atoms with Crippen LogP contribution in [0.4, 0.5) is 0 Å². The number of nitrogens with one attached hydrogen (secondary N) is 1. The van der Waals surface area contributed by atoms with Gasteiger partial charge in [0.1, 0.15) is 34.8 Å². The summed E-state index contributed by atoms with van der Waals surface area (Å²) in [5, 5.41) is 3.78. The summed E-state index contributed by atoms with van der Waals surface area (Å²) < 4.78 is 48.7. The number of rotatable bonds is 14. The molecule has 0 spiro atoms. The van der Waals surface area contributed by atoms with Crippen molar-refractivity contribution in [3.63, 3.8) is 0 Å². The Morgan fingerprint density at radius 3 is 2.42 bits per heavy atom. The molecule has 3 heterocycles. The van der Waals surface area contributed by atoms with Crippen LogP contribution in [0.1, 0.15) is 73.6 Å². The molecule has 1 saturated heterocycles. The number of ketones is 1. The Balaban J connectivity index is 1.34. The van der Waals surface area contributed by atoms with Gasteiger partial charge in [-0.3, -0.25) is 19.2 Å². The lowest BCUT2D eigenvalue weighted by molar-refractivity contribution is -0.161. The molecule has 1 N–H and O–H groups in total. The first-order valence-corrected chi connectivity index (χ1v) is 20.4. The highest BCUT2D eigenvalue weighted by molar-refractivity contribution is 7.93. The minimum absolute atomic E-state index is 0.0273. The van der Waals surface area contributed by atoms with Crippen LogP contribution in [0.15, 0.2) is 59.9 Å². The molecule has 3 fully saturated rings. The lowest BCUT2D eigenvalue weighted by Crippen LogP contribution is -2.55. The summed E-state index contributed by atoms with van der Waals surface area (Å²) in [6.45, 7) is 14.6. The molecule has 0 radical (unpaired) electrons. The minimum Gasteiger partial charge on any atom is -0.497 e. The third-order valence-electron chi connectivity index (χ3n) is 10.6. The molecule has 1 aliphatic heterocycles. The van der Waals surface area contributed by atoms with E-state index in [1.54, 1.807) is 52.4 Å². The third kappa shape index (κ3) is 8.74.